The Balaban J connectivity index is 0.842. The summed E-state index contributed by atoms with van der Waals surface area (Å²) in [5.74, 6) is 6.99. The molecule has 0 radical (unpaired) electrons. The van der Waals surface area contributed by atoms with Crippen LogP contribution in [0.1, 0.15) is 102 Å². The molecule has 1 heteroatoms. The number of benzene rings is 1. The standard InChI is InChI=1S/C61H59N/c1-5-6-7-8-9-10-11-12-13-14-15-29-16-18-30(19-17-29)59-61-56-28(3)55-36-25-23-34-32-21-20-31-33-22-24-35-37-27(2)38(56)52-45(37)48-43(35)41(33)46-39(31)40(32)47-42(34)44(36)57(60(55,61)26-62(59)4)53-50(47)49(46)51(48)54(53)58(52)61/h16-25,27-28,31-32,34-35,39-40,42-43,53-54,59H,5-15,26H2,1-4H3. The van der Waals surface area contributed by atoms with Crippen molar-refractivity contribution in [2.45, 2.75) is 97.4 Å². The van der Waals surface area contributed by atoms with Crippen molar-refractivity contribution < 1.29 is 0 Å². The Labute approximate surface area is 368 Å². The Hall–Kier alpha value is -3.94. The molecule has 1 aromatic rings. The van der Waals surface area contributed by atoms with E-state index in [1.54, 1.807) is 22.3 Å². The van der Waals surface area contributed by atoms with Gasteiger partial charge in [0.2, 0.25) is 0 Å². The van der Waals surface area contributed by atoms with E-state index >= 15 is 0 Å². The van der Waals surface area contributed by atoms with Gasteiger partial charge in [-0.2, -0.15) is 0 Å². The summed E-state index contributed by atoms with van der Waals surface area (Å²) in [5, 5.41) is 0. The van der Waals surface area contributed by atoms with Crippen molar-refractivity contribution in [1.29, 1.82) is 0 Å². The third-order valence-corrected chi connectivity index (χ3v) is 22.3. The van der Waals surface area contributed by atoms with Gasteiger partial charge < -0.3 is 0 Å². The van der Waals surface area contributed by atoms with Crippen LogP contribution in [0.3, 0.4) is 0 Å². The fourth-order valence-corrected chi connectivity index (χ4v) is 21.5. The first-order valence-corrected chi connectivity index (χ1v) is 26.1. The fourth-order valence-electron chi connectivity index (χ4n) is 21.5. The lowest BCUT2D eigenvalue weighted by atomic mass is 9.45. The van der Waals surface area contributed by atoms with Crippen molar-refractivity contribution in [1.82, 2.24) is 4.90 Å². The summed E-state index contributed by atoms with van der Waals surface area (Å²) in [6, 6.07) is 10.8. The first-order chi connectivity index (χ1) is 30.6. The first kappa shape index (κ1) is 33.6. The molecule has 4 saturated carbocycles. The predicted octanol–water partition coefficient (Wildman–Crippen LogP) is 13.1. The zero-order chi connectivity index (χ0) is 40.2. The van der Waals surface area contributed by atoms with Crippen LogP contribution in [0.15, 0.2) is 161 Å². The number of aryl methyl sites for hydroxylation is 1. The molecule has 5 fully saturated rings. The second kappa shape index (κ2) is 10.3. The van der Waals surface area contributed by atoms with E-state index in [-0.39, 0.29) is 10.8 Å². The normalized spacial score (nSPS) is 45.5. The molecule has 308 valence electrons. The van der Waals surface area contributed by atoms with E-state index in [2.05, 4.69) is 93.4 Å². The van der Waals surface area contributed by atoms with Crippen molar-refractivity contribution in [2.75, 3.05) is 13.6 Å². The average Bonchev–Trinajstić information content (AvgIpc) is 4.16. The molecule has 1 heterocycles. The van der Waals surface area contributed by atoms with Crippen LogP contribution in [0.4, 0.5) is 0 Å². The number of rotatable bonds is 12. The molecule has 1 aromatic carbocycles. The van der Waals surface area contributed by atoms with E-state index in [4.69, 9.17) is 0 Å². The molecule has 2 spiro atoms. The Morgan fingerprint density at radius 2 is 1.34 bits per heavy atom. The van der Waals surface area contributed by atoms with Gasteiger partial charge in [0.1, 0.15) is 0 Å². The van der Waals surface area contributed by atoms with Crippen LogP contribution in [-0.2, 0) is 6.42 Å². The van der Waals surface area contributed by atoms with Gasteiger partial charge in [-0.15, -0.1) is 0 Å². The highest BCUT2D eigenvalue weighted by Gasteiger charge is 2.86. The minimum atomic E-state index is 0.00930. The van der Waals surface area contributed by atoms with E-state index in [0.29, 0.717) is 77.1 Å². The molecular formula is C61H59N. The van der Waals surface area contributed by atoms with E-state index < -0.39 is 0 Å². The highest BCUT2D eigenvalue weighted by molar-refractivity contribution is 5.96. The number of unbranched alkanes of at least 4 members (excludes halogenated alkanes) is 9. The lowest BCUT2D eigenvalue weighted by Crippen LogP contribution is -2.51. The van der Waals surface area contributed by atoms with Crippen molar-refractivity contribution in [2.24, 2.45) is 81.8 Å². The molecule has 0 aromatic heterocycles. The smallest absolute Gasteiger partial charge is 0.0489 e. The fraction of sp³-hybridized carbons (Fsp3) is 0.508. The number of likely N-dealkylation sites (tertiary alicyclic amines) is 1. The van der Waals surface area contributed by atoms with Gasteiger partial charge in [-0.3, -0.25) is 4.90 Å². The van der Waals surface area contributed by atoms with Gasteiger partial charge in [-0.25, -0.2) is 0 Å². The second-order valence-electron chi connectivity index (χ2n) is 23.9. The SMILES string of the molecule is CCCCCCCCCCCCc1ccc(C2N(C)CC34C5=C6C=CC7C8C6=C3C3C6=C8C8C7C=CC7C9=C%10C(=C6C6=C%11C%12=C(C(C)C%13=C(C5C)C24C(=C%12%13)C63)C(C=C9)C%10%11)C78)cc1. The summed E-state index contributed by atoms with van der Waals surface area (Å²) in [4.78, 5) is 2.94. The Morgan fingerprint density at radius 3 is 2.16 bits per heavy atom. The first-order valence-electron chi connectivity index (χ1n) is 26.1. The number of nitrogens with zero attached hydrogens (tertiary/aromatic N) is 1. The van der Waals surface area contributed by atoms with Crippen molar-refractivity contribution >= 4 is 0 Å². The topological polar surface area (TPSA) is 3.24 Å². The van der Waals surface area contributed by atoms with Gasteiger partial charge in [-0.1, -0.05) is 145 Å². The van der Waals surface area contributed by atoms with Crippen LogP contribution < -0.4 is 0 Å². The zero-order valence-electron chi connectivity index (χ0n) is 37.2. The molecular weight excluding hydrogens is 747 g/mol. The Kier molecular flexibility index (Phi) is 5.56. The molecule has 0 bridgehead atoms. The molecule has 1 nitrogen and oxygen atoms in total. The van der Waals surface area contributed by atoms with E-state index in [1.807, 2.05) is 89.2 Å². The van der Waals surface area contributed by atoms with Crippen LogP contribution in [0.25, 0.3) is 0 Å². The summed E-state index contributed by atoms with van der Waals surface area (Å²) in [7, 11) is 2.57. The zero-order valence-corrected chi connectivity index (χ0v) is 37.2. The van der Waals surface area contributed by atoms with Gasteiger partial charge in [0.25, 0.3) is 0 Å². The van der Waals surface area contributed by atoms with E-state index in [0.717, 1.165) is 0 Å². The van der Waals surface area contributed by atoms with Crippen LogP contribution in [0, 0.1) is 81.8 Å². The van der Waals surface area contributed by atoms with Crippen LogP contribution in [0.5, 0.6) is 0 Å². The molecule has 1 aliphatic heterocycles. The third-order valence-electron chi connectivity index (χ3n) is 22.3. The van der Waals surface area contributed by atoms with Crippen LogP contribution in [-0.4, -0.2) is 18.5 Å². The predicted molar refractivity (Wildman–Crippen MR) is 246 cm³/mol. The van der Waals surface area contributed by atoms with E-state index in [9.17, 15) is 0 Å². The maximum atomic E-state index is 2.94. The lowest BCUT2D eigenvalue weighted by Gasteiger charge is -2.56. The summed E-state index contributed by atoms with van der Waals surface area (Å²) < 4.78 is 0. The number of allylic oxidation sites excluding steroid dienone is 20. The van der Waals surface area contributed by atoms with Gasteiger partial charge >= 0.3 is 0 Å². The lowest BCUT2D eigenvalue weighted by molar-refractivity contribution is 0.176. The van der Waals surface area contributed by atoms with Gasteiger partial charge in [0, 0.05) is 76.7 Å². The highest BCUT2D eigenvalue weighted by Crippen LogP contribution is 2.93. The summed E-state index contributed by atoms with van der Waals surface area (Å²) in [6.45, 7) is 8.94. The summed E-state index contributed by atoms with van der Waals surface area (Å²) in [5.41, 5.74) is 37.0. The maximum absolute atomic E-state index is 2.94. The summed E-state index contributed by atoms with van der Waals surface area (Å²) in [6.07, 6.45) is 31.9. The van der Waals surface area contributed by atoms with E-state index in [1.165, 1.54) is 77.2 Å². The molecule has 0 N–H and O–H groups in total. The molecule has 15 atom stereocenters. The van der Waals surface area contributed by atoms with Crippen LogP contribution >= 0.6 is 0 Å². The average molecular weight is 806 g/mol. The number of hydrogen-bond donors (Lipinski definition) is 0. The minimum absolute atomic E-state index is 0.00930. The quantitative estimate of drug-likeness (QED) is 0.150. The monoisotopic (exact) mass is 805 g/mol. The van der Waals surface area contributed by atoms with Crippen LogP contribution in [0.2, 0.25) is 0 Å². The molecule has 16 aliphatic carbocycles. The van der Waals surface area contributed by atoms with Crippen molar-refractivity contribution in [3.8, 4) is 0 Å². The Morgan fingerprint density at radius 1 is 0.565 bits per heavy atom. The molecule has 1 saturated heterocycles. The Bertz CT molecular complexity index is 2980. The number of fused-ring (bicyclic) bond motifs is 3. The molecule has 15 unspecified atom stereocenters. The largest absolute Gasteiger partial charge is 0.297 e. The van der Waals surface area contributed by atoms with Gasteiger partial charge in [0.15, 0.2) is 0 Å². The van der Waals surface area contributed by atoms with Gasteiger partial charge in [0.05, 0.1) is 0 Å². The van der Waals surface area contributed by atoms with Crippen molar-refractivity contribution in [3.63, 3.8) is 0 Å². The summed E-state index contributed by atoms with van der Waals surface area (Å²) >= 11 is 0. The van der Waals surface area contributed by atoms with Gasteiger partial charge in [-0.05, 0) is 144 Å². The second-order valence-corrected chi connectivity index (χ2v) is 23.9. The molecule has 17 aliphatic rings. The maximum Gasteiger partial charge on any atom is 0.0489 e. The number of hydrogen-bond acceptors (Lipinski definition) is 1. The highest BCUT2D eigenvalue weighted by atomic mass is 15.2. The third kappa shape index (κ3) is 2.92. The minimum Gasteiger partial charge on any atom is -0.297 e. The van der Waals surface area contributed by atoms with Crippen molar-refractivity contribution in [3.05, 3.63) is 172 Å². The molecule has 18 rings (SSSR count). The molecule has 0 amide bonds. The molecule has 62 heavy (non-hydrogen) atoms.